The van der Waals surface area contributed by atoms with Crippen LogP contribution >= 0.6 is 11.3 Å². The number of aliphatic hydroxyl groups is 1. The van der Waals surface area contributed by atoms with Crippen molar-refractivity contribution in [1.29, 1.82) is 0 Å². The van der Waals surface area contributed by atoms with E-state index in [1.807, 2.05) is 24.3 Å². The van der Waals surface area contributed by atoms with E-state index in [4.69, 9.17) is 0 Å². The van der Waals surface area contributed by atoms with Gasteiger partial charge in [-0.2, -0.15) is 0 Å². The number of anilines is 1. The topological polar surface area (TPSA) is 52.6 Å². The molecule has 1 aliphatic rings. The number of nitrogens with zero attached hydrogens (tertiary/aromatic N) is 1. The van der Waals surface area contributed by atoms with E-state index in [2.05, 4.69) is 28.6 Å². The first kappa shape index (κ1) is 17.1. The van der Waals surface area contributed by atoms with Gasteiger partial charge in [0.15, 0.2) is 0 Å². The van der Waals surface area contributed by atoms with Gasteiger partial charge in [0.25, 0.3) is 0 Å². The number of piperidine rings is 1. The van der Waals surface area contributed by atoms with Crippen molar-refractivity contribution >= 4 is 22.9 Å². The third kappa shape index (κ3) is 4.04. The molecule has 1 saturated heterocycles. The Labute approximate surface area is 147 Å². The minimum atomic E-state index is -0.310. The summed E-state index contributed by atoms with van der Waals surface area (Å²) in [6.07, 6.45) is 0.682. The molecule has 1 amide bonds. The van der Waals surface area contributed by atoms with Gasteiger partial charge in [-0.05, 0) is 54.6 Å². The van der Waals surface area contributed by atoms with Crippen molar-refractivity contribution in [2.45, 2.75) is 38.8 Å². The molecule has 0 spiro atoms. The zero-order chi connectivity index (χ0) is 17.1. The Hall–Kier alpha value is -1.69. The predicted octanol–water partition coefficient (Wildman–Crippen LogP) is 3.37. The summed E-state index contributed by atoms with van der Waals surface area (Å²) in [4.78, 5) is 14.7. The van der Waals surface area contributed by atoms with Crippen molar-refractivity contribution in [3.8, 4) is 0 Å². The van der Waals surface area contributed by atoms with E-state index in [0.29, 0.717) is 6.54 Å². The van der Waals surface area contributed by atoms with Crippen LogP contribution in [0.5, 0.6) is 0 Å². The lowest BCUT2D eigenvalue weighted by Gasteiger charge is -2.36. The van der Waals surface area contributed by atoms with Gasteiger partial charge in [-0.25, -0.2) is 0 Å². The van der Waals surface area contributed by atoms with E-state index in [1.54, 1.807) is 11.3 Å². The molecular formula is C19H24N2O2S. The Bertz CT molecular complexity index is 696. The molecule has 1 aromatic heterocycles. The summed E-state index contributed by atoms with van der Waals surface area (Å²) in [5.74, 6) is 0.209. The largest absolute Gasteiger partial charge is 0.391 e. The zero-order valence-corrected chi connectivity index (χ0v) is 15.0. The zero-order valence-electron chi connectivity index (χ0n) is 14.2. The molecule has 2 atom stereocenters. The molecule has 1 fully saturated rings. The number of hydrogen-bond acceptors (Lipinski definition) is 4. The first-order valence-corrected chi connectivity index (χ1v) is 9.22. The van der Waals surface area contributed by atoms with E-state index in [-0.39, 0.29) is 17.9 Å². The third-order valence-corrected chi connectivity index (χ3v) is 5.74. The lowest BCUT2D eigenvalue weighted by atomic mass is 9.90. The highest BCUT2D eigenvalue weighted by atomic mass is 32.1. The number of amides is 1. The summed E-state index contributed by atoms with van der Waals surface area (Å²) in [7, 11) is 0. The third-order valence-electron chi connectivity index (χ3n) is 4.59. The van der Waals surface area contributed by atoms with Gasteiger partial charge < -0.3 is 10.4 Å². The van der Waals surface area contributed by atoms with Crippen LogP contribution < -0.4 is 5.32 Å². The number of carbonyl (C=O) groups excluding carboxylic acids is 1. The molecule has 128 valence electrons. The highest BCUT2D eigenvalue weighted by Gasteiger charge is 2.30. The van der Waals surface area contributed by atoms with E-state index < -0.39 is 0 Å². The van der Waals surface area contributed by atoms with Crippen LogP contribution in [0.2, 0.25) is 0 Å². The van der Waals surface area contributed by atoms with Gasteiger partial charge in [0.1, 0.15) is 0 Å². The molecule has 24 heavy (non-hydrogen) atoms. The fourth-order valence-electron chi connectivity index (χ4n) is 3.37. The smallest absolute Gasteiger partial charge is 0.221 e. The van der Waals surface area contributed by atoms with E-state index in [9.17, 15) is 9.90 Å². The highest BCUT2D eigenvalue weighted by molar-refractivity contribution is 7.10. The van der Waals surface area contributed by atoms with Crippen molar-refractivity contribution in [2.24, 2.45) is 0 Å². The second-order valence-corrected chi connectivity index (χ2v) is 7.49. The van der Waals surface area contributed by atoms with Crippen molar-refractivity contribution < 1.29 is 9.90 Å². The molecule has 0 radical (unpaired) electrons. The molecule has 2 aromatic rings. The van der Waals surface area contributed by atoms with Crippen molar-refractivity contribution in [3.05, 3.63) is 51.7 Å². The number of benzene rings is 1. The van der Waals surface area contributed by atoms with Crippen molar-refractivity contribution in [2.75, 3.05) is 18.4 Å². The Morgan fingerprint density at radius 1 is 1.33 bits per heavy atom. The summed E-state index contributed by atoms with van der Waals surface area (Å²) in [5.41, 5.74) is 3.31. The Kier molecular flexibility index (Phi) is 5.33. The number of rotatable bonds is 4. The van der Waals surface area contributed by atoms with Gasteiger partial charge in [-0.3, -0.25) is 9.69 Å². The maximum absolute atomic E-state index is 11.1. The van der Waals surface area contributed by atoms with Crippen LogP contribution in [0.3, 0.4) is 0 Å². The summed E-state index contributed by atoms with van der Waals surface area (Å²) >= 11 is 1.76. The molecule has 0 unspecified atom stereocenters. The summed E-state index contributed by atoms with van der Waals surface area (Å²) in [6, 6.07) is 10.1. The van der Waals surface area contributed by atoms with Crippen molar-refractivity contribution in [3.63, 3.8) is 0 Å². The van der Waals surface area contributed by atoms with Gasteiger partial charge in [0.05, 0.1) is 6.10 Å². The maximum atomic E-state index is 11.1. The number of thiophene rings is 1. The molecule has 1 aliphatic heterocycles. The van der Waals surface area contributed by atoms with Gasteiger partial charge in [-0.1, -0.05) is 12.1 Å². The first-order valence-electron chi connectivity index (χ1n) is 8.34. The van der Waals surface area contributed by atoms with Crippen LogP contribution in [-0.4, -0.2) is 35.1 Å². The van der Waals surface area contributed by atoms with E-state index in [1.165, 1.54) is 22.9 Å². The van der Waals surface area contributed by atoms with Crippen LogP contribution in [0.4, 0.5) is 5.69 Å². The normalized spacial score (nSPS) is 21.6. The second-order valence-electron chi connectivity index (χ2n) is 6.54. The molecule has 4 nitrogen and oxygen atoms in total. The number of carbonyl (C=O) groups is 1. The van der Waals surface area contributed by atoms with Crippen molar-refractivity contribution in [1.82, 2.24) is 4.90 Å². The van der Waals surface area contributed by atoms with Crippen LogP contribution in [0, 0.1) is 6.92 Å². The summed E-state index contributed by atoms with van der Waals surface area (Å²) in [6.45, 7) is 6.16. The minimum Gasteiger partial charge on any atom is -0.391 e. The average Bonchev–Trinajstić information content (AvgIpc) is 2.95. The van der Waals surface area contributed by atoms with Gasteiger partial charge >= 0.3 is 0 Å². The fourth-order valence-corrected chi connectivity index (χ4v) is 4.49. The molecule has 2 N–H and O–H groups in total. The Morgan fingerprint density at radius 3 is 2.67 bits per heavy atom. The molecule has 2 heterocycles. The highest BCUT2D eigenvalue weighted by Crippen LogP contribution is 2.34. The SMILES string of the molecule is CC(=O)Nc1ccc(CN2CC[C@H](c3sccc3C)[C@@H](O)C2)cc1. The quantitative estimate of drug-likeness (QED) is 0.894. The van der Waals surface area contributed by atoms with Crippen LogP contribution in [0.25, 0.3) is 0 Å². The molecule has 1 aromatic carbocycles. The molecular weight excluding hydrogens is 320 g/mol. The number of nitrogens with one attached hydrogen (secondary N) is 1. The van der Waals surface area contributed by atoms with Crippen LogP contribution in [0.1, 0.15) is 35.3 Å². The van der Waals surface area contributed by atoms with E-state index in [0.717, 1.165) is 25.2 Å². The number of hydrogen-bond donors (Lipinski definition) is 2. The standard InChI is InChI=1S/C19H24N2O2S/c1-13-8-10-24-19(13)17-7-9-21(12-18(17)23)11-15-3-5-16(6-4-15)20-14(2)22/h3-6,8,10,17-18,23H,7,9,11-12H2,1-2H3,(H,20,22)/t17-,18-/m0/s1. The van der Waals surface area contributed by atoms with Crippen LogP contribution in [0.15, 0.2) is 35.7 Å². The van der Waals surface area contributed by atoms with E-state index >= 15 is 0 Å². The predicted molar refractivity (Wildman–Crippen MR) is 98.4 cm³/mol. The minimum absolute atomic E-state index is 0.0585. The molecule has 0 aliphatic carbocycles. The average molecular weight is 344 g/mol. The second kappa shape index (κ2) is 7.47. The lowest BCUT2D eigenvalue weighted by molar-refractivity contribution is -0.114. The molecule has 5 heteroatoms. The number of β-amino-alcohol motifs (C(OH)–C–C–N with tert-alkyl or cyclic N) is 1. The summed E-state index contributed by atoms with van der Waals surface area (Å²) < 4.78 is 0. The summed E-state index contributed by atoms with van der Waals surface area (Å²) in [5, 5.41) is 15.5. The molecule has 0 saturated carbocycles. The Balaban J connectivity index is 1.58. The number of aliphatic hydroxyl groups excluding tert-OH is 1. The maximum Gasteiger partial charge on any atom is 0.221 e. The lowest BCUT2D eigenvalue weighted by Crippen LogP contribution is -2.42. The molecule has 3 rings (SSSR count). The molecule has 0 bridgehead atoms. The first-order chi connectivity index (χ1) is 11.5. The number of likely N-dealkylation sites (tertiary alicyclic amines) is 1. The van der Waals surface area contributed by atoms with Crippen LogP contribution in [-0.2, 0) is 11.3 Å². The monoisotopic (exact) mass is 344 g/mol. The fraction of sp³-hybridized carbons (Fsp3) is 0.421. The van der Waals surface area contributed by atoms with Gasteiger partial charge in [0, 0.05) is 36.5 Å². The van der Waals surface area contributed by atoms with Gasteiger partial charge in [0.2, 0.25) is 5.91 Å². The Morgan fingerprint density at radius 2 is 2.08 bits per heavy atom. The number of aryl methyl sites for hydroxylation is 1. The van der Waals surface area contributed by atoms with Gasteiger partial charge in [-0.15, -0.1) is 11.3 Å².